The van der Waals surface area contributed by atoms with Crippen LogP contribution in [0.2, 0.25) is 0 Å². The van der Waals surface area contributed by atoms with Gasteiger partial charge in [-0.05, 0) is 142 Å². The van der Waals surface area contributed by atoms with Gasteiger partial charge in [0.1, 0.15) is 11.2 Å². The number of hydrogen-bond donors (Lipinski definition) is 0. The average molecular weight is 934 g/mol. The van der Waals surface area contributed by atoms with Crippen LogP contribution >= 0.6 is 0 Å². The van der Waals surface area contributed by atoms with E-state index in [-0.39, 0.29) is 5.41 Å². The first-order chi connectivity index (χ1) is 36.0. The third-order valence-corrected chi connectivity index (χ3v) is 15.7. The number of benzene rings is 11. The second-order valence-electron chi connectivity index (χ2n) is 20.1. The van der Waals surface area contributed by atoms with Crippen LogP contribution < -0.4 is 4.90 Å². The monoisotopic (exact) mass is 933 g/mol. The van der Waals surface area contributed by atoms with E-state index in [1.807, 2.05) is 6.07 Å². The molecule has 4 heteroatoms. The summed E-state index contributed by atoms with van der Waals surface area (Å²) in [5, 5.41) is 7.29. The summed E-state index contributed by atoms with van der Waals surface area (Å²) in [4.78, 5) is 2.41. The van der Waals surface area contributed by atoms with Crippen molar-refractivity contribution in [3.63, 3.8) is 0 Å². The van der Waals surface area contributed by atoms with E-state index in [1.54, 1.807) is 0 Å². The average Bonchev–Trinajstić information content (AvgIpc) is 4.17. The fourth-order valence-electron chi connectivity index (χ4n) is 12.2. The Bertz CT molecular complexity index is 4460. The summed E-state index contributed by atoms with van der Waals surface area (Å²) in [5.74, 6) is 0. The maximum Gasteiger partial charge on any atom is 0.143 e. The van der Waals surface area contributed by atoms with Gasteiger partial charge in [-0.3, -0.25) is 0 Å². The zero-order chi connectivity index (χ0) is 48.4. The molecule has 0 radical (unpaired) electrons. The number of rotatable bonds is 7. The zero-order valence-electron chi connectivity index (χ0n) is 40.4. The molecule has 0 aliphatic heterocycles. The molecule has 0 saturated carbocycles. The Morgan fingerprint density at radius 1 is 0.329 bits per heavy atom. The lowest BCUT2D eigenvalue weighted by Crippen LogP contribution is -2.16. The van der Waals surface area contributed by atoms with Gasteiger partial charge in [-0.1, -0.05) is 159 Å². The number of anilines is 3. The molecule has 15 rings (SSSR count). The highest BCUT2D eigenvalue weighted by molar-refractivity contribution is 6.12. The first kappa shape index (κ1) is 41.4. The van der Waals surface area contributed by atoms with E-state index in [4.69, 9.17) is 4.42 Å². The highest BCUT2D eigenvalue weighted by Gasteiger charge is 2.36. The van der Waals surface area contributed by atoms with Crippen LogP contribution in [-0.4, -0.2) is 9.13 Å². The van der Waals surface area contributed by atoms with Crippen LogP contribution in [-0.2, 0) is 5.41 Å². The van der Waals surface area contributed by atoms with Crippen molar-refractivity contribution in [3.8, 4) is 44.8 Å². The molecule has 0 unspecified atom stereocenters. The lowest BCUT2D eigenvalue weighted by molar-refractivity contribution is 0.660. The minimum absolute atomic E-state index is 0.259. The number of fused-ring (bicyclic) bond motifs is 12. The van der Waals surface area contributed by atoms with Gasteiger partial charge in [0.2, 0.25) is 0 Å². The highest BCUT2D eigenvalue weighted by atomic mass is 16.3. The molecule has 4 nitrogen and oxygen atoms in total. The van der Waals surface area contributed by atoms with Crippen molar-refractivity contribution in [3.05, 3.63) is 260 Å². The Labute approximate surface area is 422 Å². The fourth-order valence-corrected chi connectivity index (χ4v) is 12.2. The van der Waals surface area contributed by atoms with Crippen LogP contribution in [0, 0.1) is 0 Å². The molecule has 11 aromatic carbocycles. The van der Waals surface area contributed by atoms with E-state index < -0.39 is 0 Å². The Morgan fingerprint density at radius 2 is 0.808 bits per heavy atom. The van der Waals surface area contributed by atoms with Crippen molar-refractivity contribution >= 4 is 82.6 Å². The molecule has 14 aromatic rings. The van der Waals surface area contributed by atoms with Gasteiger partial charge in [0.15, 0.2) is 0 Å². The lowest BCUT2D eigenvalue weighted by atomic mass is 9.81. The summed E-state index contributed by atoms with van der Waals surface area (Å²) < 4.78 is 11.3. The lowest BCUT2D eigenvalue weighted by Gasteiger charge is -2.28. The summed E-state index contributed by atoms with van der Waals surface area (Å²) in [6.07, 6.45) is 0. The molecule has 1 aliphatic carbocycles. The van der Waals surface area contributed by atoms with Gasteiger partial charge >= 0.3 is 0 Å². The Morgan fingerprint density at radius 3 is 1.49 bits per heavy atom. The molecule has 0 spiro atoms. The minimum Gasteiger partial charge on any atom is -0.455 e. The Hall–Kier alpha value is -9.38. The van der Waals surface area contributed by atoms with Crippen LogP contribution in [0.4, 0.5) is 17.1 Å². The van der Waals surface area contributed by atoms with Crippen molar-refractivity contribution in [2.75, 3.05) is 4.90 Å². The first-order valence-corrected chi connectivity index (χ1v) is 25.2. The van der Waals surface area contributed by atoms with Gasteiger partial charge in [-0.25, -0.2) is 0 Å². The number of aromatic nitrogens is 2. The van der Waals surface area contributed by atoms with Crippen LogP contribution in [0.5, 0.6) is 0 Å². The van der Waals surface area contributed by atoms with Gasteiger partial charge in [0.25, 0.3) is 0 Å². The minimum atomic E-state index is -0.259. The second-order valence-corrected chi connectivity index (χ2v) is 20.1. The number of hydrogen-bond acceptors (Lipinski definition) is 2. The molecule has 1 aliphatic rings. The van der Waals surface area contributed by atoms with Gasteiger partial charge in [0.05, 0.1) is 22.1 Å². The van der Waals surface area contributed by atoms with Crippen molar-refractivity contribution in [2.24, 2.45) is 0 Å². The van der Waals surface area contributed by atoms with E-state index in [2.05, 4.69) is 271 Å². The fraction of sp³-hybridized carbons (Fsp3) is 0.0435. The predicted octanol–water partition coefficient (Wildman–Crippen LogP) is 18.9. The van der Waals surface area contributed by atoms with Crippen LogP contribution in [0.3, 0.4) is 0 Å². The van der Waals surface area contributed by atoms with Crippen LogP contribution in [0.1, 0.15) is 25.0 Å². The van der Waals surface area contributed by atoms with E-state index in [0.29, 0.717) is 0 Å². The topological polar surface area (TPSA) is 26.2 Å². The normalized spacial score (nSPS) is 12.9. The summed E-state index contributed by atoms with van der Waals surface area (Å²) >= 11 is 0. The maximum absolute atomic E-state index is 6.51. The quantitative estimate of drug-likeness (QED) is 0.159. The molecule has 0 amide bonds. The Balaban J connectivity index is 0.833. The third kappa shape index (κ3) is 6.27. The predicted molar refractivity (Wildman–Crippen MR) is 306 cm³/mol. The maximum atomic E-state index is 6.51. The van der Waals surface area contributed by atoms with Crippen molar-refractivity contribution in [2.45, 2.75) is 19.3 Å². The number of para-hydroxylation sites is 6. The largest absolute Gasteiger partial charge is 0.455 e. The van der Waals surface area contributed by atoms with Crippen LogP contribution in [0.15, 0.2) is 253 Å². The van der Waals surface area contributed by atoms with E-state index in [0.717, 1.165) is 55.8 Å². The summed E-state index contributed by atoms with van der Waals surface area (Å²) in [5.41, 5.74) is 21.8. The molecule has 0 fully saturated rings. The SMILES string of the molecule is CC1(C)c2cc(-c3ccc4c(c3)c3ccccc3n4-c3ccccc3)ccc2-c2ccc(N(c3ccc(-c4cccc5c4oc4ccccc45)cc3)c3ccc(-n4c5ccccc5c5ccccc54)cc3)cc21. The Kier molecular flexibility index (Phi) is 8.97. The standard InChI is InChI=1S/C69H47N3O/c1-69(2)61-42-46(45-30-40-66-60(41-45)57-19-8-12-25-65(57)71(66)47-15-4-3-5-16-47)29-38-53(61)54-39-37-51(43-62(54)69)70(48-31-27-44(28-32-48)52-21-14-22-59-58-20-9-13-26-67(58)73-68(52)59)49-33-35-50(36-34-49)72-63-23-10-6-17-55(63)56-18-7-11-24-64(56)72/h3-43H,1-2H3. The summed E-state index contributed by atoms with van der Waals surface area (Å²) in [6.45, 7) is 4.78. The number of furan rings is 1. The molecule has 0 saturated heterocycles. The first-order valence-electron chi connectivity index (χ1n) is 25.2. The molecule has 344 valence electrons. The van der Waals surface area contributed by atoms with E-state index in [1.165, 1.54) is 82.7 Å². The van der Waals surface area contributed by atoms with Crippen LogP contribution in [0.25, 0.3) is 110 Å². The van der Waals surface area contributed by atoms with E-state index >= 15 is 0 Å². The van der Waals surface area contributed by atoms with Crippen molar-refractivity contribution in [1.29, 1.82) is 0 Å². The molecular weight excluding hydrogens is 887 g/mol. The van der Waals surface area contributed by atoms with Gasteiger partial charge in [-0.2, -0.15) is 0 Å². The second kappa shape index (κ2) is 15.8. The van der Waals surface area contributed by atoms with Gasteiger partial charge in [-0.15, -0.1) is 0 Å². The molecule has 3 heterocycles. The van der Waals surface area contributed by atoms with E-state index in [9.17, 15) is 0 Å². The molecular formula is C69H47N3O. The molecule has 0 atom stereocenters. The van der Waals surface area contributed by atoms with Crippen molar-refractivity contribution in [1.82, 2.24) is 9.13 Å². The smallest absolute Gasteiger partial charge is 0.143 e. The molecule has 73 heavy (non-hydrogen) atoms. The summed E-state index contributed by atoms with van der Waals surface area (Å²) in [7, 11) is 0. The van der Waals surface area contributed by atoms with Crippen molar-refractivity contribution < 1.29 is 4.42 Å². The molecule has 0 N–H and O–H groups in total. The van der Waals surface area contributed by atoms with Gasteiger partial charge in [0, 0.05) is 71.7 Å². The zero-order valence-corrected chi connectivity index (χ0v) is 40.4. The summed E-state index contributed by atoms with van der Waals surface area (Å²) in [6, 6.07) is 90.9. The number of nitrogens with zero attached hydrogens (tertiary/aromatic N) is 3. The molecule has 0 bridgehead atoms. The third-order valence-electron chi connectivity index (χ3n) is 15.7. The van der Waals surface area contributed by atoms with Gasteiger partial charge < -0.3 is 18.5 Å². The molecule has 3 aromatic heterocycles. The highest BCUT2D eigenvalue weighted by Crippen LogP contribution is 2.52.